The van der Waals surface area contributed by atoms with E-state index in [2.05, 4.69) is 9.88 Å². The minimum Gasteiger partial charge on any atom is -0.496 e. The highest BCUT2D eigenvalue weighted by molar-refractivity contribution is 5.86. The standard InChI is InChI=1S/C25H22F6N2O2/c1-34-19-11-3-2-7-15(19)23-33-12-5-4-10-18(33)22(35-23)16-13-20(25(29,30)31)32-21-14(16)8-6-9-17(21)24(26,27)28/h2-3,6-9,11,13,18,22-23H,4-5,10,12H2,1H3/t18-,22+,23?/m1/s1. The average Bonchev–Trinajstić information content (AvgIpc) is 3.21. The Morgan fingerprint density at radius 2 is 1.71 bits per heavy atom. The molecular weight excluding hydrogens is 474 g/mol. The second kappa shape index (κ2) is 8.67. The Kier molecular flexibility index (Phi) is 5.91. The zero-order valence-corrected chi connectivity index (χ0v) is 18.7. The fourth-order valence-electron chi connectivity index (χ4n) is 5.19. The molecule has 2 fully saturated rings. The molecule has 2 aliphatic rings. The van der Waals surface area contributed by atoms with E-state index in [0.29, 0.717) is 18.7 Å². The Morgan fingerprint density at radius 1 is 0.943 bits per heavy atom. The second-order valence-electron chi connectivity index (χ2n) is 8.75. The number of rotatable bonds is 3. The number of halogens is 6. The lowest BCUT2D eigenvalue weighted by molar-refractivity contribution is -0.142. The van der Waals surface area contributed by atoms with Crippen LogP contribution in [0.1, 0.15) is 54.0 Å². The smallest absolute Gasteiger partial charge is 0.433 e. The summed E-state index contributed by atoms with van der Waals surface area (Å²) in [5, 5.41) is 0.00373. The Morgan fingerprint density at radius 3 is 2.43 bits per heavy atom. The summed E-state index contributed by atoms with van der Waals surface area (Å²) in [4.78, 5) is 5.49. The number of fused-ring (bicyclic) bond motifs is 2. The molecule has 3 atom stereocenters. The van der Waals surface area contributed by atoms with Crippen molar-refractivity contribution in [3.05, 3.63) is 70.9 Å². The second-order valence-corrected chi connectivity index (χ2v) is 8.75. The first-order chi connectivity index (χ1) is 16.6. The molecule has 3 aromatic rings. The molecule has 3 heterocycles. The first-order valence-electron chi connectivity index (χ1n) is 11.2. The Labute approximate surface area is 197 Å². The van der Waals surface area contributed by atoms with Crippen molar-refractivity contribution in [1.29, 1.82) is 0 Å². The van der Waals surface area contributed by atoms with Gasteiger partial charge in [-0.3, -0.25) is 4.90 Å². The van der Waals surface area contributed by atoms with Gasteiger partial charge >= 0.3 is 12.4 Å². The van der Waals surface area contributed by atoms with Crippen LogP contribution >= 0.6 is 0 Å². The topological polar surface area (TPSA) is 34.6 Å². The van der Waals surface area contributed by atoms with Gasteiger partial charge in [-0.15, -0.1) is 0 Å². The van der Waals surface area contributed by atoms with Crippen molar-refractivity contribution in [3.8, 4) is 5.75 Å². The van der Waals surface area contributed by atoms with Crippen molar-refractivity contribution in [2.24, 2.45) is 0 Å². The minimum absolute atomic E-state index is 0.00373. The zero-order chi connectivity index (χ0) is 25.0. The SMILES string of the molecule is COc1ccccc1C1O[C@@H](c2cc(C(F)(F)F)nc3c(C(F)(F)F)cccc23)[C@H]2CCCCN12. The summed E-state index contributed by atoms with van der Waals surface area (Å²) in [5.41, 5.74) is -2.53. The fourth-order valence-corrected chi connectivity index (χ4v) is 5.19. The van der Waals surface area contributed by atoms with Crippen molar-refractivity contribution < 1.29 is 35.8 Å². The first kappa shape index (κ1) is 23.9. The van der Waals surface area contributed by atoms with Gasteiger partial charge in [0.2, 0.25) is 0 Å². The van der Waals surface area contributed by atoms with Crippen LogP contribution < -0.4 is 4.74 Å². The molecule has 2 saturated heterocycles. The number of para-hydroxylation sites is 2. The monoisotopic (exact) mass is 496 g/mol. The van der Waals surface area contributed by atoms with Crippen LogP contribution in [0.4, 0.5) is 26.3 Å². The van der Waals surface area contributed by atoms with Gasteiger partial charge in [-0.25, -0.2) is 4.98 Å². The Balaban J connectivity index is 1.70. The highest BCUT2D eigenvalue weighted by atomic mass is 19.4. The lowest BCUT2D eigenvalue weighted by Gasteiger charge is -2.33. The zero-order valence-electron chi connectivity index (χ0n) is 18.7. The molecule has 0 aliphatic carbocycles. The Hall–Kier alpha value is -2.85. The molecule has 5 rings (SSSR count). The number of aromatic nitrogens is 1. The number of pyridine rings is 1. The van der Waals surface area contributed by atoms with Gasteiger partial charge in [-0.05, 0) is 36.6 Å². The molecule has 2 aromatic carbocycles. The number of methoxy groups -OCH3 is 1. The molecule has 0 amide bonds. The van der Waals surface area contributed by atoms with E-state index >= 15 is 0 Å². The van der Waals surface area contributed by atoms with E-state index in [0.717, 1.165) is 30.5 Å². The van der Waals surface area contributed by atoms with Crippen LogP contribution in [0.3, 0.4) is 0 Å². The third kappa shape index (κ3) is 4.23. The molecule has 0 bridgehead atoms. The maximum Gasteiger partial charge on any atom is 0.433 e. The number of hydrogen-bond donors (Lipinski definition) is 0. The van der Waals surface area contributed by atoms with Crippen molar-refractivity contribution >= 4 is 10.9 Å². The molecule has 0 saturated carbocycles. The van der Waals surface area contributed by atoms with E-state index in [-0.39, 0.29) is 17.0 Å². The molecule has 1 unspecified atom stereocenters. The number of alkyl halides is 6. The van der Waals surface area contributed by atoms with Crippen LogP contribution in [0.25, 0.3) is 10.9 Å². The minimum atomic E-state index is -4.92. The molecule has 10 heteroatoms. The third-order valence-corrected chi connectivity index (χ3v) is 6.70. The number of ether oxygens (including phenoxy) is 2. The molecule has 35 heavy (non-hydrogen) atoms. The molecule has 1 aromatic heterocycles. The Bertz CT molecular complexity index is 1240. The summed E-state index contributed by atoms with van der Waals surface area (Å²) in [6.07, 6.45) is -8.91. The largest absolute Gasteiger partial charge is 0.496 e. The van der Waals surface area contributed by atoms with Crippen LogP contribution in [0.15, 0.2) is 48.5 Å². The van der Waals surface area contributed by atoms with E-state index in [1.807, 2.05) is 12.1 Å². The lowest BCUT2D eigenvalue weighted by Crippen LogP contribution is -2.38. The predicted octanol–water partition coefficient (Wildman–Crippen LogP) is 6.91. The average molecular weight is 496 g/mol. The molecule has 0 radical (unpaired) electrons. The van der Waals surface area contributed by atoms with Crippen LogP contribution in [-0.2, 0) is 17.1 Å². The van der Waals surface area contributed by atoms with E-state index in [4.69, 9.17) is 9.47 Å². The summed E-state index contributed by atoms with van der Waals surface area (Å²) in [6, 6.07) is 11.0. The summed E-state index contributed by atoms with van der Waals surface area (Å²) < 4.78 is 94.3. The van der Waals surface area contributed by atoms with Crippen LogP contribution in [0, 0.1) is 0 Å². The highest BCUT2D eigenvalue weighted by Crippen LogP contribution is 2.50. The van der Waals surface area contributed by atoms with Crippen molar-refractivity contribution in [3.63, 3.8) is 0 Å². The molecule has 0 N–H and O–H groups in total. The van der Waals surface area contributed by atoms with Gasteiger partial charge in [0, 0.05) is 23.5 Å². The first-order valence-corrected chi connectivity index (χ1v) is 11.2. The van der Waals surface area contributed by atoms with Crippen molar-refractivity contribution in [1.82, 2.24) is 9.88 Å². The third-order valence-electron chi connectivity index (χ3n) is 6.70. The predicted molar refractivity (Wildman–Crippen MR) is 116 cm³/mol. The number of hydrogen-bond acceptors (Lipinski definition) is 4. The van der Waals surface area contributed by atoms with Gasteiger partial charge in [0.1, 0.15) is 23.8 Å². The fraction of sp³-hybridized carbons (Fsp3) is 0.400. The van der Waals surface area contributed by atoms with Crippen molar-refractivity contribution in [2.45, 2.75) is 50.0 Å². The maximum absolute atomic E-state index is 13.8. The quantitative estimate of drug-likeness (QED) is 0.369. The van der Waals surface area contributed by atoms with Gasteiger partial charge in [0.05, 0.1) is 18.2 Å². The van der Waals surface area contributed by atoms with Crippen LogP contribution in [0.2, 0.25) is 0 Å². The molecule has 4 nitrogen and oxygen atoms in total. The van der Waals surface area contributed by atoms with Crippen LogP contribution in [-0.4, -0.2) is 29.6 Å². The molecule has 2 aliphatic heterocycles. The van der Waals surface area contributed by atoms with E-state index in [1.165, 1.54) is 19.2 Å². The number of piperidine rings is 1. The van der Waals surface area contributed by atoms with E-state index < -0.39 is 41.5 Å². The summed E-state index contributed by atoms with van der Waals surface area (Å²) in [7, 11) is 1.52. The van der Waals surface area contributed by atoms with Gasteiger partial charge < -0.3 is 9.47 Å². The van der Waals surface area contributed by atoms with Gasteiger partial charge in [0.15, 0.2) is 0 Å². The molecular formula is C25H22F6N2O2. The van der Waals surface area contributed by atoms with Crippen molar-refractivity contribution in [2.75, 3.05) is 13.7 Å². The maximum atomic E-state index is 13.8. The summed E-state index contributed by atoms with van der Waals surface area (Å²) in [5.74, 6) is 0.567. The van der Waals surface area contributed by atoms with Gasteiger partial charge in [0.25, 0.3) is 0 Å². The van der Waals surface area contributed by atoms with Crippen LogP contribution in [0.5, 0.6) is 5.75 Å². The lowest BCUT2D eigenvalue weighted by atomic mass is 9.91. The molecule has 186 valence electrons. The molecule has 0 spiro atoms. The van der Waals surface area contributed by atoms with E-state index in [1.54, 1.807) is 12.1 Å². The number of benzene rings is 2. The summed E-state index contributed by atoms with van der Waals surface area (Å²) >= 11 is 0. The summed E-state index contributed by atoms with van der Waals surface area (Å²) in [6.45, 7) is 0.646. The van der Waals surface area contributed by atoms with Gasteiger partial charge in [-0.2, -0.15) is 26.3 Å². The van der Waals surface area contributed by atoms with E-state index in [9.17, 15) is 26.3 Å². The normalized spacial score (nSPS) is 23.5. The highest BCUT2D eigenvalue weighted by Gasteiger charge is 2.47. The number of nitrogens with zero attached hydrogens (tertiary/aromatic N) is 2. The van der Waals surface area contributed by atoms with Gasteiger partial charge in [-0.1, -0.05) is 36.8 Å².